The Labute approximate surface area is 210 Å². The van der Waals surface area contributed by atoms with Crippen LogP contribution in [0.15, 0.2) is 72.9 Å². The van der Waals surface area contributed by atoms with Gasteiger partial charge in [0.25, 0.3) is 0 Å². The van der Waals surface area contributed by atoms with Gasteiger partial charge in [0, 0.05) is 28.4 Å². The number of aryl methyl sites for hydroxylation is 2. The topological polar surface area (TPSA) is 70.2 Å². The Balaban J connectivity index is 1.61. The molecule has 2 amide bonds. The number of aromatic nitrogens is 2. The molecule has 0 spiro atoms. The molecule has 4 aromatic rings. The van der Waals surface area contributed by atoms with Crippen LogP contribution in [0, 0.1) is 6.92 Å². The van der Waals surface area contributed by atoms with Crippen LogP contribution in [0.2, 0.25) is 5.02 Å². The summed E-state index contributed by atoms with van der Waals surface area (Å²) >= 11 is 6.18. The van der Waals surface area contributed by atoms with Gasteiger partial charge in [-0.3, -0.25) is 5.10 Å². The van der Waals surface area contributed by atoms with E-state index in [0.29, 0.717) is 23.8 Å². The quantitative estimate of drug-likeness (QED) is 0.285. The van der Waals surface area contributed by atoms with Crippen molar-refractivity contribution in [3.63, 3.8) is 0 Å². The molecule has 0 aliphatic rings. The average Bonchev–Trinajstić information content (AvgIpc) is 3.34. The minimum atomic E-state index is -0.211. The molecule has 0 fully saturated rings. The molecular formula is C28H29ClN4O2. The maximum Gasteiger partial charge on any atom is 0.322 e. The Morgan fingerprint density at radius 3 is 2.43 bits per heavy atom. The molecule has 1 heterocycles. The van der Waals surface area contributed by atoms with Crippen LogP contribution in [-0.4, -0.2) is 28.2 Å². The molecule has 4 rings (SSSR count). The zero-order valence-electron chi connectivity index (χ0n) is 20.1. The van der Waals surface area contributed by atoms with E-state index in [-0.39, 0.29) is 6.03 Å². The summed E-state index contributed by atoms with van der Waals surface area (Å²) < 4.78 is 5.27. The fourth-order valence-electron chi connectivity index (χ4n) is 3.87. The number of aromatic amines is 1. The number of amides is 2. The summed E-state index contributed by atoms with van der Waals surface area (Å²) in [4.78, 5) is 15.3. The Morgan fingerprint density at radius 2 is 1.74 bits per heavy atom. The molecule has 35 heavy (non-hydrogen) atoms. The molecular weight excluding hydrogens is 460 g/mol. The number of benzene rings is 3. The molecule has 3 aromatic carbocycles. The number of carbonyl (C=O) groups is 1. The van der Waals surface area contributed by atoms with Crippen molar-refractivity contribution in [3.8, 4) is 17.0 Å². The molecule has 0 bridgehead atoms. The molecule has 0 saturated carbocycles. The molecule has 0 atom stereocenters. The first-order valence-corrected chi connectivity index (χ1v) is 11.9. The third-order valence-corrected chi connectivity index (χ3v) is 6.23. The molecule has 180 valence electrons. The standard InChI is InChI=1S/C28H29ClN4O2/c1-4-20-6-8-21(9-7-20)17-33(28(34)31-26-15-24(29)12-5-19(26)2)18-23-16-30-32-27(23)22-10-13-25(35-3)14-11-22/h5-16H,4,17-18H2,1-3H3,(H,30,32)(H,31,34). The monoisotopic (exact) mass is 488 g/mol. The van der Waals surface area contributed by atoms with Crippen LogP contribution in [0.4, 0.5) is 10.5 Å². The van der Waals surface area contributed by atoms with E-state index in [9.17, 15) is 4.79 Å². The molecule has 2 N–H and O–H groups in total. The highest BCUT2D eigenvalue weighted by molar-refractivity contribution is 6.31. The lowest BCUT2D eigenvalue weighted by molar-refractivity contribution is 0.206. The van der Waals surface area contributed by atoms with Crippen molar-refractivity contribution in [2.24, 2.45) is 0 Å². The SMILES string of the molecule is CCc1ccc(CN(Cc2cn[nH]c2-c2ccc(OC)cc2)C(=O)Nc2cc(Cl)ccc2C)cc1. The number of methoxy groups -OCH3 is 1. The van der Waals surface area contributed by atoms with Crippen LogP contribution in [0.25, 0.3) is 11.3 Å². The molecule has 1 aromatic heterocycles. The normalized spacial score (nSPS) is 10.7. The molecule has 7 heteroatoms. The number of halogens is 1. The Kier molecular flexibility index (Phi) is 7.73. The van der Waals surface area contributed by atoms with Gasteiger partial charge in [0.15, 0.2) is 0 Å². The molecule has 0 unspecified atom stereocenters. The number of nitrogens with one attached hydrogen (secondary N) is 2. The summed E-state index contributed by atoms with van der Waals surface area (Å²) in [7, 11) is 1.64. The summed E-state index contributed by atoms with van der Waals surface area (Å²) in [6, 6.07) is 21.4. The molecule has 0 aliphatic heterocycles. The highest BCUT2D eigenvalue weighted by Gasteiger charge is 2.19. The van der Waals surface area contributed by atoms with Gasteiger partial charge in [-0.05, 0) is 66.4 Å². The Bertz CT molecular complexity index is 1280. The van der Waals surface area contributed by atoms with Gasteiger partial charge >= 0.3 is 6.03 Å². The maximum absolute atomic E-state index is 13.5. The van der Waals surface area contributed by atoms with Gasteiger partial charge in [0.1, 0.15) is 5.75 Å². The van der Waals surface area contributed by atoms with Gasteiger partial charge in [-0.15, -0.1) is 0 Å². The van der Waals surface area contributed by atoms with Gasteiger partial charge in [0.2, 0.25) is 0 Å². The number of hydrogen-bond donors (Lipinski definition) is 2. The van der Waals surface area contributed by atoms with Gasteiger partial charge in [-0.25, -0.2) is 4.79 Å². The summed E-state index contributed by atoms with van der Waals surface area (Å²) in [5.41, 5.74) is 6.69. The highest BCUT2D eigenvalue weighted by Crippen LogP contribution is 2.26. The lowest BCUT2D eigenvalue weighted by Crippen LogP contribution is -2.34. The van der Waals surface area contributed by atoms with E-state index in [4.69, 9.17) is 16.3 Å². The van der Waals surface area contributed by atoms with Crippen molar-refractivity contribution in [2.45, 2.75) is 33.4 Å². The van der Waals surface area contributed by atoms with Gasteiger partial charge in [0.05, 0.1) is 25.5 Å². The zero-order chi connectivity index (χ0) is 24.8. The Morgan fingerprint density at radius 1 is 1.03 bits per heavy atom. The van der Waals surface area contributed by atoms with Gasteiger partial charge in [-0.1, -0.05) is 48.9 Å². The third-order valence-electron chi connectivity index (χ3n) is 5.99. The van der Waals surface area contributed by atoms with Crippen molar-refractivity contribution in [1.29, 1.82) is 0 Å². The van der Waals surface area contributed by atoms with Crippen molar-refractivity contribution < 1.29 is 9.53 Å². The minimum Gasteiger partial charge on any atom is -0.497 e. The second-order valence-electron chi connectivity index (χ2n) is 8.41. The number of carbonyl (C=O) groups excluding carboxylic acids is 1. The van der Waals surface area contributed by atoms with E-state index < -0.39 is 0 Å². The predicted molar refractivity (Wildman–Crippen MR) is 141 cm³/mol. The number of ether oxygens (including phenoxy) is 1. The number of nitrogens with zero attached hydrogens (tertiary/aromatic N) is 2. The number of urea groups is 1. The minimum absolute atomic E-state index is 0.211. The average molecular weight is 489 g/mol. The Hall–Kier alpha value is -3.77. The summed E-state index contributed by atoms with van der Waals surface area (Å²) in [5.74, 6) is 0.781. The smallest absolute Gasteiger partial charge is 0.322 e. The summed E-state index contributed by atoms with van der Waals surface area (Å²) in [5, 5.41) is 11.0. The van der Waals surface area contributed by atoms with Crippen molar-refractivity contribution in [2.75, 3.05) is 12.4 Å². The van der Waals surface area contributed by atoms with Crippen molar-refractivity contribution >= 4 is 23.3 Å². The summed E-state index contributed by atoms with van der Waals surface area (Å²) in [6.07, 6.45) is 2.74. The van der Waals surface area contributed by atoms with Crippen molar-refractivity contribution in [1.82, 2.24) is 15.1 Å². The lowest BCUT2D eigenvalue weighted by Gasteiger charge is -2.24. The molecule has 0 saturated heterocycles. The first kappa shape index (κ1) is 24.4. The van der Waals surface area contributed by atoms with E-state index in [1.54, 1.807) is 24.3 Å². The van der Waals surface area contributed by atoms with Gasteiger partial charge < -0.3 is 15.0 Å². The molecule has 0 aliphatic carbocycles. The number of rotatable bonds is 8. The second kappa shape index (κ2) is 11.1. The first-order valence-electron chi connectivity index (χ1n) is 11.5. The van der Waals surface area contributed by atoms with E-state index in [1.807, 2.05) is 43.3 Å². The van der Waals surface area contributed by atoms with E-state index in [2.05, 4.69) is 46.7 Å². The van der Waals surface area contributed by atoms with Crippen LogP contribution >= 0.6 is 11.6 Å². The largest absolute Gasteiger partial charge is 0.497 e. The fraction of sp³-hybridized carbons (Fsp3) is 0.214. The first-order chi connectivity index (χ1) is 17.0. The lowest BCUT2D eigenvalue weighted by atomic mass is 10.1. The second-order valence-corrected chi connectivity index (χ2v) is 8.85. The predicted octanol–water partition coefficient (Wildman–Crippen LogP) is 6.84. The molecule has 0 radical (unpaired) electrons. The van der Waals surface area contributed by atoms with Crippen LogP contribution in [0.3, 0.4) is 0 Å². The highest BCUT2D eigenvalue weighted by atomic mass is 35.5. The van der Waals surface area contributed by atoms with E-state index in [0.717, 1.165) is 40.1 Å². The number of hydrogen-bond acceptors (Lipinski definition) is 3. The number of H-pyrrole nitrogens is 1. The molecule has 6 nitrogen and oxygen atoms in total. The fourth-order valence-corrected chi connectivity index (χ4v) is 4.04. The van der Waals surface area contributed by atoms with E-state index in [1.165, 1.54) is 5.56 Å². The van der Waals surface area contributed by atoms with Crippen LogP contribution in [0.5, 0.6) is 5.75 Å². The number of anilines is 1. The van der Waals surface area contributed by atoms with Crippen LogP contribution in [-0.2, 0) is 19.5 Å². The summed E-state index contributed by atoms with van der Waals surface area (Å²) in [6.45, 7) is 4.89. The van der Waals surface area contributed by atoms with Crippen LogP contribution in [0.1, 0.15) is 29.2 Å². The van der Waals surface area contributed by atoms with Crippen molar-refractivity contribution in [3.05, 3.63) is 100 Å². The van der Waals surface area contributed by atoms with Gasteiger partial charge in [-0.2, -0.15) is 5.10 Å². The maximum atomic E-state index is 13.5. The zero-order valence-corrected chi connectivity index (χ0v) is 20.9. The third kappa shape index (κ3) is 6.03. The van der Waals surface area contributed by atoms with E-state index >= 15 is 0 Å². The van der Waals surface area contributed by atoms with Crippen LogP contribution < -0.4 is 10.1 Å².